The molecule has 2 aromatic heterocycles. The molecule has 84 valence electrons. The zero-order chi connectivity index (χ0) is 11.7. The van der Waals surface area contributed by atoms with Gasteiger partial charge in [0.25, 0.3) is 0 Å². The molecule has 2 rings (SSSR count). The monoisotopic (exact) mass is 219 g/mol. The molecule has 0 bridgehead atoms. The van der Waals surface area contributed by atoms with Crippen LogP contribution in [0.15, 0.2) is 28.9 Å². The van der Waals surface area contributed by atoms with Crippen molar-refractivity contribution in [2.75, 3.05) is 7.11 Å². The summed E-state index contributed by atoms with van der Waals surface area (Å²) >= 11 is 0. The minimum atomic E-state index is -0.328. The lowest BCUT2D eigenvalue weighted by atomic mass is 10.2. The Labute approximate surface area is 93.4 Å². The molecular formula is C12H13NO3. The van der Waals surface area contributed by atoms with Crippen molar-refractivity contribution in [3.8, 4) is 11.5 Å². The molecule has 0 amide bonds. The molecule has 0 fully saturated rings. The molecular weight excluding hydrogens is 206 g/mol. The van der Waals surface area contributed by atoms with Gasteiger partial charge in [-0.15, -0.1) is 0 Å². The molecule has 4 nitrogen and oxygen atoms in total. The lowest BCUT2D eigenvalue weighted by Gasteiger charge is -2.01. The summed E-state index contributed by atoms with van der Waals surface area (Å²) in [6, 6.07) is 5.45. The van der Waals surface area contributed by atoms with Crippen LogP contribution in [0.2, 0.25) is 0 Å². The lowest BCUT2D eigenvalue weighted by Crippen LogP contribution is -2.03. The molecule has 0 spiro atoms. The van der Waals surface area contributed by atoms with E-state index in [1.54, 1.807) is 12.3 Å². The van der Waals surface area contributed by atoms with Crippen LogP contribution in [0.5, 0.6) is 0 Å². The fourth-order valence-corrected chi connectivity index (χ4v) is 1.68. The van der Waals surface area contributed by atoms with Crippen molar-refractivity contribution in [2.45, 2.75) is 6.92 Å². The van der Waals surface area contributed by atoms with E-state index >= 15 is 0 Å². The molecule has 2 heterocycles. The van der Waals surface area contributed by atoms with Crippen LogP contribution < -0.4 is 0 Å². The van der Waals surface area contributed by atoms with Crippen LogP contribution in [-0.4, -0.2) is 17.6 Å². The highest BCUT2D eigenvalue weighted by atomic mass is 16.5. The van der Waals surface area contributed by atoms with Gasteiger partial charge in [0, 0.05) is 12.7 Å². The van der Waals surface area contributed by atoms with Crippen LogP contribution in [0.1, 0.15) is 16.1 Å². The Balaban J connectivity index is 2.54. The lowest BCUT2D eigenvalue weighted by molar-refractivity contribution is 0.0600. The Morgan fingerprint density at radius 2 is 2.25 bits per heavy atom. The van der Waals surface area contributed by atoms with Crippen LogP contribution in [-0.2, 0) is 11.8 Å². The van der Waals surface area contributed by atoms with Gasteiger partial charge in [-0.05, 0) is 25.1 Å². The molecule has 0 aromatic carbocycles. The first kappa shape index (κ1) is 10.5. The molecule has 4 heteroatoms. The van der Waals surface area contributed by atoms with Crippen LogP contribution in [0.25, 0.3) is 11.5 Å². The number of carbonyl (C=O) groups is 1. The highest BCUT2D eigenvalue weighted by Crippen LogP contribution is 2.25. The zero-order valence-electron chi connectivity index (χ0n) is 9.48. The van der Waals surface area contributed by atoms with E-state index in [4.69, 9.17) is 9.15 Å². The number of nitrogens with zero attached hydrogens (tertiary/aromatic N) is 1. The first-order chi connectivity index (χ1) is 7.65. The summed E-state index contributed by atoms with van der Waals surface area (Å²) in [6.45, 7) is 1.87. The van der Waals surface area contributed by atoms with Gasteiger partial charge in [0.1, 0.15) is 5.76 Å². The second-order valence-corrected chi connectivity index (χ2v) is 3.56. The number of esters is 1. The van der Waals surface area contributed by atoms with Crippen molar-refractivity contribution in [2.24, 2.45) is 7.05 Å². The summed E-state index contributed by atoms with van der Waals surface area (Å²) < 4.78 is 11.9. The van der Waals surface area contributed by atoms with E-state index in [1.165, 1.54) is 7.11 Å². The standard InChI is InChI=1S/C12H13NO3/c1-8-9(12(14)15-3)7-10(13(8)2)11-5-4-6-16-11/h4-7H,1-3H3. The van der Waals surface area contributed by atoms with Crippen molar-refractivity contribution in [3.05, 3.63) is 35.7 Å². The fourth-order valence-electron chi connectivity index (χ4n) is 1.68. The number of aromatic nitrogens is 1. The minimum absolute atomic E-state index is 0.328. The second-order valence-electron chi connectivity index (χ2n) is 3.56. The first-order valence-electron chi connectivity index (χ1n) is 4.93. The molecule has 2 aromatic rings. The Morgan fingerprint density at radius 1 is 1.50 bits per heavy atom. The molecule has 0 aliphatic heterocycles. The Hall–Kier alpha value is -1.97. The SMILES string of the molecule is COC(=O)c1cc(-c2ccco2)n(C)c1C. The quantitative estimate of drug-likeness (QED) is 0.728. The summed E-state index contributed by atoms with van der Waals surface area (Å²) in [6.07, 6.45) is 1.61. The third-order valence-corrected chi connectivity index (χ3v) is 2.71. The van der Waals surface area contributed by atoms with E-state index in [-0.39, 0.29) is 5.97 Å². The van der Waals surface area contributed by atoms with Crippen molar-refractivity contribution < 1.29 is 13.9 Å². The van der Waals surface area contributed by atoms with E-state index < -0.39 is 0 Å². The molecule has 0 unspecified atom stereocenters. The van der Waals surface area contributed by atoms with E-state index in [1.807, 2.05) is 30.7 Å². The third-order valence-electron chi connectivity index (χ3n) is 2.71. The molecule has 0 N–H and O–H groups in total. The molecule has 0 radical (unpaired) electrons. The Morgan fingerprint density at radius 3 is 2.81 bits per heavy atom. The third kappa shape index (κ3) is 1.52. The summed E-state index contributed by atoms with van der Waals surface area (Å²) in [4.78, 5) is 11.5. The van der Waals surface area contributed by atoms with Gasteiger partial charge in [-0.25, -0.2) is 4.79 Å². The molecule has 0 aliphatic carbocycles. The largest absolute Gasteiger partial charge is 0.465 e. The zero-order valence-corrected chi connectivity index (χ0v) is 9.48. The van der Waals surface area contributed by atoms with Crippen molar-refractivity contribution in [1.29, 1.82) is 0 Å². The van der Waals surface area contributed by atoms with Crippen molar-refractivity contribution >= 4 is 5.97 Å². The fraction of sp³-hybridized carbons (Fsp3) is 0.250. The number of methoxy groups -OCH3 is 1. The topological polar surface area (TPSA) is 44.4 Å². The normalized spacial score (nSPS) is 10.4. The highest BCUT2D eigenvalue weighted by Gasteiger charge is 2.17. The van der Waals surface area contributed by atoms with Crippen LogP contribution >= 0.6 is 0 Å². The predicted molar refractivity (Wildman–Crippen MR) is 59.2 cm³/mol. The predicted octanol–water partition coefficient (Wildman–Crippen LogP) is 2.38. The number of hydrogen-bond donors (Lipinski definition) is 0. The molecule has 16 heavy (non-hydrogen) atoms. The van der Waals surface area contributed by atoms with Gasteiger partial charge in [-0.3, -0.25) is 0 Å². The van der Waals surface area contributed by atoms with Gasteiger partial charge in [0.15, 0.2) is 0 Å². The maximum absolute atomic E-state index is 11.5. The van der Waals surface area contributed by atoms with E-state index in [9.17, 15) is 4.79 Å². The summed E-state index contributed by atoms with van der Waals surface area (Å²) in [5.74, 6) is 0.409. The van der Waals surface area contributed by atoms with Crippen molar-refractivity contribution in [3.63, 3.8) is 0 Å². The van der Waals surface area contributed by atoms with E-state index in [0.717, 1.165) is 17.1 Å². The Bertz CT molecular complexity index is 509. The number of carbonyl (C=O) groups excluding carboxylic acids is 1. The Kier molecular flexibility index (Phi) is 2.56. The summed E-state index contributed by atoms with van der Waals surface area (Å²) in [7, 11) is 3.26. The average molecular weight is 219 g/mol. The average Bonchev–Trinajstić information content (AvgIpc) is 2.89. The molecule has 0 saturated carbocycles. The smallest absolute Gasteiger partial charge is 0.339 e. The molecule has 0 aliphatic rings. The highest BCUT2D eigenvalue weighted by molar-refractivity contribution is 5.92. The number of ether oxygens (including phenoxy) is 1. The van der Waals surface area contributed by atoms with Crippen molar-refractivity contribution in [1.82, 2.24) is 4.57 Å². The maximum Gasteiger partial charge on any atom is 0.339 e. The van der Waals surface area contributed by atoms with Crippen LogP contribution in [0, 0.1) is 6.92 Å². The van der Waals surface area contributed by atoms with Gasteiger partial charge in [0.2, 0.25) is 0 Å². The van der Waals surface area contributed by atoms with Gasteiger partial charge < -0.3 is 13.7 Å². The van der Waals surface area contributed by atoms with Crippen LogP contribution in [0.4, 0.5) is 0 Å². The number of rotatable bonds is 2. The second kappa shape index (κ2) is 3.89. The first-order valence-corrected chi connectivity index (χ1v) is 4.93. The van der Waals surface area contributed by atoms with Gasteiger partial charge in [0.05, 0.1) is 24.6 Å². The summed E-state index contributed by atoms with van der Waals surface area (Å²) in [5.41, 5.74) is 2.29. The number of furan rings is 1. The summed E-state index contributed by atoms with van der Waals surface area (Å²) in [5, 5.41) is 0. The van der Waals surface area contributed by atoms with Gasteiger partial charge in [-0.1, -0.05) is 0 Å². The van der Waals surface area contributed by atoms with Gasteiger partial charge in [-0.2, -0.15) is 0 Å². The maximum atomic E-state index is 11.5. The van der Waals surface area contributed by atoms with Crippen LogP contribution in [0.3, 0.4) is 0 Å². The van der Waals surface area contributed by atoms with E-state index in [0.29, 0.717) is 5.56 Å². The number of hydrogen-bond acceptors (Lipinski definition) is 3. The minimum Gasteiger partial charge on any atom is -0.465 e. The van der Waals surface area contributed by atoms with E-state index in [2.05, 4.69) is 0 Å². The molecule has 0 atom stereocenters. The molecule has 0 saturated heterocycles. The van der Waals surface area contributed by atoms with Gasteiger partial charge >= 0.3 is 5.97 Å².